The van der Waals surface area contributed by atoms with Gasteiger partial charge in [-0.25, -0.2) is 0 Å². The van der Waals surface area contributed by atoms with Crippen LogP contribution in [0.5, 0.6) is 0 Å². The summed E-state index contributed by atoms with van der Waals surface area (Å²) < 4.78 is 5.51. The van der Waals surface area contributed by atoms with Crippen LogP contribution in [0.25, 0.3) is 0 Å². The van der Waals surface area contributed by atoms with Crippen molar-refractivity contribution in [3.05, 3.63) is 134 Å². The fourth-order valence-electron chi connectivity index (χ4n) is 5.93. The molecule has 2 N–H and O–H groups in total. The molecule has 0 spiro atoms. The van der Waals surface area contributed by atoms with Gasteiger partial charge in [-0.1, -0.05) is 148 Å². The van der Waals surface area contributed by atoms with Crippen molar-refractivity contribution >= 4 is 11.8 Å². The Labute approximate surface area is 361 Å². The van der Waals surface area contributed by atoms with Crippen LogP contribution in [0.4, 0.5) is 0 Å². The molecule has 0 bridgehead atoms. The van der Waals surface area contributed by atoms with Gasteiger partial charge in [0.1, 0.15) is 0 Å². The minimum Gasteiger partial charge on any atom is -0.379 e. The predicted molar refractivity (Wildman–Crippen MR) is 255 cm³/mol. The van der Waals surface area contributed by atoms with E-state index in [2.05, 4.69) is 168 Å². The zero-order valence-electron chi connectivity index (χ0n) is 37.2. The number of allylic oxidation sites excluding steroid dienone is 22. The molecule has 1 fully saturated rings. The van der Waals surface area contributed by atoms with E-state index in [9.17, 15) is 9.59 Å². The molecule has 0 atom stereocenters. The van der Waals surface area contributed by atoms with E-state index < -0.39 is 0 Å². The van der Waals surface area contributed by atoms with Gasteiger partial charge in [0.2, 0.25) is 11.8 Å². The topological polar surface area (TPSA) is 73.9 Å². The van der Waals surface area contributed by atoms with E-state index in [-0.39, 0.29) is 11.8 Å². The zero-order chi connectivity index (χ0) is 42.4. The van der Waals surface area contributed by atoms with Gasteiger partial charge in [0, 0.05) is 65.2 Å². The molecule has 0 aromatic carbocycles. The molecule has 1 saturated heterocycles. The van der Waals surface area contributed by atoms with Crippen LogP contribution >= 0.6 is 0 Å². The minimum absolute atomic E-state index is 0.0819. The number of amides is 2. The second-order valence-corrected chi connectivity index (χ2v) is 14.5. The van der Waals surface area contributed by atoms with E-state index in [1.54, 1.807) is 0 Å². The van der Waals surface area contributed by atoms with E-state index in [0.717, 1.165) is 142 Å². The average molecular weight is 811 g/mol. The molecule has 7 heteroatoms. The number of morpholine rings is 1. The maximum Gasteiger partial charge on any atom is 0.220 e. The Kier molecular flexibility index (Phi) is 39.1. The Morgan fingerprint density at radius 1 is 0.475 bits per heavy atom. The van der Waals surface area contributed by atoms with Crippen LogP contribution in [-0.2, 0) is 14.3 Å². The first-order valence-electron chi connectivity index (χ1n) is 22.9. The lowest BCUT2D eigenvalue weighted by molar-refractivity contribution is -0.121. The van der Waals surface area contributed by atoms with Gasteiger partial charge in [-0.3, -0.25) is 19.4 Å². The SMILES string of the molecule is CC/C=C\C/C=C\C/C=C\C/C=C\C/C=C\C/C=C\CCC(=O)NCCN(CCNC(=O)CCC/C=C\C/C=C\C/C=C\C/C=C\C/C=C\CC)CCN1CCOCC1. The molecule has 1 aliphatic rings. The summed E-state index contributed by atoms with van der Waals surface area (Å²) in [4.78, 5) is 29.8. The van der Waals surface area contributed by atoms with Crippen molar-refractivity contribution in [1.29, 1.82) is 0 Å². The van der Waals surface area contributed by atoms with Gasteiger partial charge in [0.15, 0.2) is 0 Å². The van der Waals surface area contributed by atoms with Crippen LogP contribution in [0.2, 0.25) is 0 Å². The molecule has 59 heavy (non-hydrogen) atoms. The summed E-state index contributed by atoms with van der Waals surface area (Å²) in [7, 11) is 0. The number of nitrogens with one attached hydrogen (secondary N) is 2. The van der Waals surface area contributed by atoms with Gasteiger partial charge in [0.05, 0.1) is 13.2 Å². The molecular formula is C52H82N4O3. The molecule has 0 aromatic heterocycles. The van der Waals surface area contributed by atoms with Gasteiger partial charge in [-0.05, 0) is 89.9 Å². The molecular weight excluding hydrogens is 729 g/mol. The summed E-state index contributed by atoms with van der Waals surface area (Å²) >= 11 is 0. The number of ether oxygens (including phenoxy) is 1. The second kappa shape index (κ2) is 43.5. The molecule has 7 nitrogen and oxygen atoms in total. The van der Waals surface area contributed by atoms with E-state index in [1.165, 1.54) is 0 Å². The molecule has 0 aromatic rings. The molecule has 0 saturated carbocycles. The number of unbranched alkanes of at least 4 members (excludes halogenated alkanes) is 1. The Bertz CT molecular complexity index is 1340. The zero-order valence-corrected chi connectivity index (χ0v) is 37.2. The van der Waals surface area contributed by atoms with Crippen molar-refractivity contribution in [1.82, 2.24) is 20.4 Å². The van der Waals surface area contributed by atoms with Crippen molar-refractivity contribution in [2.24, 2.45) is 0 Å². The minimum atomic E-state index is 0.0819. The number of rotatable bonds is 36. The van der Waals surface area contributed by atoms with Crippen molar-refractivity contribution in [3.63, 3.8) is 0 Å². The Balaban J connectivity index is 2.20. The van der Waals surface area contributed by atoms with Crippen LogP contribution in [-0.4, -0.2) is 87.2 Å². The molecule has 0 aliphatic carbocycles. The van der Waals surface area contributed by atoms with Crippen LogP contribution in [0.3, 0.4) is 0 Å². The van der Waals surface area contributed by atoms with Crippen molar-refractivity contribution in [3.8, 4) is 0 Å². The lowest BCUT2D eigenvalue weighted by Crippen LogP contribution is -2.45. The second-order valence-electron chi connectivity index (χ2n) is 14.5. The highest BCUT2D eigenvalue weighted by Crippen LogP contribution is 2.02. The summed E-state index contributed by atoms with van der Waals surface area (Å²) in [5.74, 6) is 0.187. The monoisotopic (exact) mass is 811 g/mol. The fourth-order valence-corrected chi connectivity index (χ4v) is 5.93. The van der Waals surface area contributed by atoms with Gasteiger partial charge in [-0.2, -0.15) is 0 Å². The normalized spacial score (nSPS) is 14.9. The Hall–Kier alpha value is -4.04. The molecule has 0 radical (unpaired) electrons. The number of nitrogens with zero attached hydrogens (tertiary/aromatic N) is 2. The van der Waals surface area contributed by atoms with Crippen LogP contribution < -0.4 is 10.6 Å². The van der Waals surface area contributed by atoms with E-state index in [4.69, 9.17) is 4.74 Å². The highest BCUT2D eigenvalue weighted by atomic mass is 16.5. The first-order chi connectivity index (χ1) is 29.2. The predicted octanol–water partition coefficient (Wildman–Crippen LogP) is 11.3. The highest BCUT2D eigenvalue weighted by molar-refractivity contribution is 5.76. The number of carbonyl (C=O) groups excluding carboxylic acids is 2. The largest absolute Gasteiger partial charge is 0.379 e. The average Bonchev–Trinajstić information content (AvgIpc) is 3.24. The maximum atomic E-state index is 12.5. The number of hydrogen-bond acceptors (Lipinski definition) is 5. The summed E-state index contributed by atoms with van der Waals surface area (Å²) in [6.45, 7) is 12.4. The first kappa shape index (κ1) is 53.0. The van der Waals surface area contributed by atoms with Crippen molar-refractivity contribution in [2.75, 3.05) is 65.6 Å². The Morgan fingerprint density at radius 2 is 0.831 bits per heavy atom. The summed E-state index contributed by atoms with van der Waals surface area (Å²) in [6, 6.07) is 0. The molecule has 328 valence electrons. The summed E-state index contributed by atoms with van der Waals surface area (Å²) in [5, 5.41) is 6.21. The van der Waals surface area contributed by atoms with Crippen molar-refractivity contribution < 1.29 is 14.3 Å². The van der Waals surface area contributed by atoms with E-state index in [1.807, 2.05) is 0 Å². The first-order valence-corrected chi connectivity index (χ1v) is 22.9. The molecule has 1 rings (SSSR count). The van der Waals surface area contributed by atoms with E-state index in [0.29, 0.717) is 25.9 Å². The standard InChI is InChI=1S/C52H82N4O3/c1-3-5-7-9-11-13-15-17-19-21-22-24-26-28-30-32-34-36-38-40-52(58)54-42-44-55(45-46-56-47-49-59-50-48-56)43-41-53-51(57)39-37-35-33-31-29-27-25-23-20-18-16-14-12-10-8-6-4-2/h5-8,11-14,17-20,22,24-25,27-28,30-31,33-34,36H,3-4,9-10,15-16,21,23,26,29,32,35,37-50H2,1-2H3,(H,53,57)(H,54,58)/b7-5-,8-6-,13-11-,14-12-,19-17-,20-18-,24-22-,27-25-,30-28-,33-31-,36-34-. The summed E-state index contributed by atoms with van der Waals surface area (Å²) in [6.07, 6.45) is 62.7. The van der Waals surface area contributed by atoms with E-state index >= 15 is 0 Å². The van der Waals surface area contributed by atoms with Crippen molar-refractivity contribution in [2.45, 2.75) is 117 Å². The molecule has 1 heterocycles. The molecule has 0 unspecified atom stereocenters. The molecule has 2 amide bonds. The Morgan fingerprint density at radius 3 is 1.24 bits per heavy atom. The molecule has 1 aliphatic heterocycles. The quantitative estimate of drug-likeness (QED) is 0.0487. The van der Waals surface area contributed by atoms with Gasteiger partial charge in [0.25, 0.3) is 0 Å². The summed E-state index contributed by atoms with van der Waals surface area (Å²) in [5.41, 5.74) is 0. The number of hydrogen-bond donors (Lipinski definition) is 2. The number of carbonyl (C=O) groups is 2. The van der Waals surface area contributed by atoms with Gasteiger partial charge in [-0.15, -0.1) is 0 Å². The third-order valence-electron chi connectivity index (χ3n) is 9.40. The van der Waals surface area contributed by atoms with Crippen LogP contribution in [0, 0.1) is 0 Å². The maximum absolute atomic E-state index is 12.5. The van der Waals surface area contributed by atoms with Gasteiger partial charge >= 0.3 is 0 Å². The highest BCUT2D eigenvalue weighted by Gasteiger charge is 2.13. The smallest absolute Gasteiger partial charge is 0.220 e. The van der Waals surface area contributed by atoms with Crippen LogP contribution in [0.1, 0.15) is 117 Å². The fraction of sp³-hybridized carbons (Fsp3) is 0.538. The lowest BCUT2D eigenvalue weighted by Gasteiger charge is -2.30. The third kappa shape index (κ3) is 39.2. The van der Waals surface area contributed by atoms with Gasteiger partial charge < -0.3 is 15.4 Å². The third-order valence-corrected chi connectivity index (χ3v) is 9.40. The van der Waals surface area contributed by atoms with Crippen LogP contribution in [0.15, 0.2) is 134 Å². The lowest BCUT2D eigenvalue weighted by atomic mass is 10.2.